The van der Waals surface area contributed by atoms with E-state index in [-0.39, 0.29) is 11.6 Å². The molecule has 0 aliphatic rings. The fourth-order valence-corrected chi connectivity index (χ4v) is 4.78. The Morgan fingerprint density at radius 2 is 1.76 bits per heavy atom. The summed E-state index contributed by atoms with van der Waals surface area (Å²) < 4.78 is 7.08. The number of nitro groups is 1. The van der Waals surface area contributed by atoms with E-state index in [4.69, 9.17) is 4.42 Å². The number of nitro benzene ring substituents is 1. The lowest BCUT2D eigenvalue weighted by Crippen LogP contribution is -2.22. The number of hydrogen-bond acceptors (Lipinski definition) is 7. The van der Waals surface area contributed by atoms with Crippen molar-refractivity contribution in [2.75, 3.05) is 0 Å². The summed E-state index contributed by atoms with van der Waals surface area (Å²) in [6.45, 7) is 2.31. The van der Waals surface area contributed by atoms with Gasteiger partial charge in [0.2, 0.25) is 0 Å². The maximum Gasteiger partial charge on any atom is 0.280 e. The Hall–Kier alpha value is -4.70. The number of benzene rings is 3. The Balaban J connectivity index is 1.37. The van der Waals surface area contributed by atoms with Crippen molar-refractivity contribution < 1.29 is 14.1 Å². The minimum absolute atomic E-state index is 0.0364. The zero-order valence-electron chi connectivity index (χ0n) is 20.4. The zero-order valence-corrected chi connectivity index (χ0v) is 21.2. The molecule has 3 aromatic carbocycles. The largest absolute Gasteiger partial charge is 0.467 e. The lowest BCUT2D eigenvalue weighted by atomic mass is 10.1. The van der Waals surface area contributed by atoms with Gasteiger partial charge in [0, 0.05) is 23.1 Å². The van der Waals surface area contributed by atoms with E-state index in [9.17, 15) is 14.9 Å². The molecule has 2 aromatic heterocycles. The number of hydrogen-bond donors (Lipinski definition) is 1. The van der Waals surface area contributed by atoms with Crippen molar-refractivity contribution in [1.82, 2.24) is 20.1 Å². The Morgan fingerprint density at radius 1 is 1.00 bits per heavy atom. The molecule has 0 bridgehead atoms. The summed E-state index contributed by atoms with van der Waals surface area (Å²) in [6, 6.07) is 25.3. The first-order valence-electron chi connectivity index (χ1n) is 11.8. The highest BCUT2D eigenvalue weighted by atomic mass is 32.2. The molecule has 0 spiro atoms. The highest BCUT2D eigenvalue weighted by Crippen LogP contribution is 2.34. The number of nitrogens with one attached hydrogen (secondary N) is 1. The van der Waals surface area contributed by atoms with Gasteiger partial charge in [0.25, 0.3) is 11.6 Å². The molecular weight excluding hydrogens is 502 g/mol. The molecule has 0 fully saturated rings. The Labute approximate surface area is 222 Å². The molecular formula is C28H23N5O4S. The molecule has 0 aliphatic heterocycles. The van der Waals surface area contributed by atoms with Gasteiger partial charge in [-0.1, -0.05) is 53.7 Å². The Bertz CT molecular complexity index is 1560. The maximum atomic E-state index is 12.4. The summed E-state index contributed by atoms with van der Waals surface area (Å²) in [5.41, 5.74) is 3.79. The molecule has 9 nitrogen and oxygen atoms in total. The van der Waals surface area contributed by atoms with Crippen LogP contribution in [0.25, 0.3) is 17.1 Å². The van der Waals surface area contributed by atoms with Crippen molar-refractivity contribution in [3.05, 3.63) is 124 Å². The number of carbonyl (C=O) groups is 1. The van der Waals surface area contributed by atoms with Crippen LogP contribution in [0, 0.1) is 17.0 Å². The van der Waals surface area contributed by atoms with Gasteiger partial charge in [0.15, 0.2) is 11.0 Å². The molecule has 0 aliphatic carbocycles. The molecule has 1 N–H and O–H groups in total. The summed E-state index contributed by atoms with van der Waals surface area (Å²) >= 11 is 1.46. The van der Waals surface area contributed by atoms with Crippen molar-refractivity contribution in [3.63, 3.8) is 0 Å². The SMILES string of the molecule is Cc1ccc(-n2c(SCc3ccc(C(=O)NCc4ccco4)cc3)nnc2-c2ccccc2[N+](=O)[O-])cc1. The topological polar surface area (TPSA) is 116 Å². The lowest BCUT2D eigenvalue weighted by Gasteiger charge is -2.11. The van der Waals surface area contributed by atoms with Crippen LogP contribution in [-0.2, 0) is 12.3 Å². The number of carbonyl (C=O) groups excluding carboxylic acids is 1. The van der Waals surface area contributed by atoms with Crippen LogP contribution >= 0.6 is 11.8 Å². The van der Waals surface area contributed by atoms with Crippen molar-refractivity contribution in [1.29, 1.82) is 0 Å². The van der Waals surface area contributed by atoms with Crippen LogP contribution in [0.2, 0.25) is 0 Å². The molecule has 0 radical (unpaired) electrons. The summed E-state index contributed by atoms with van der Waals surface area (Å²) in [6.07, 6.45) is 1.57. The molecule has 190 valence electrons. The zero-order chi connectivity index (χ0) is 26.5. The third-order valence-corrected chi connectivity index (χ3v) is 6.85. The number of para-hydroxylation sites is 1. The van der Waals surface area contributed by atoms with Crippen LogP contribution in [0.1, 0.15) is 27.2 Å². The van der Waals surface area contributed by atoms with Crippen molar-refractivity contribution in [3.8, 4) is 17.1 Å². The number of amides is 1. The standard InChI is InChI=1S/C28H23N5O4S/c1-19-8-14-22(15-9-19)32-26(24-6-2-3-7-25(24)33(35)36)30-31-28(32)38-18-20-10-12-21(13-11-20)27(34)29-17-23-5-4-16-37-23/h2-16H,17-18H2,1H3,(H,29,34). The van der Waals surface area contributed by atoms with Gasteiger partial charge in [-0.3, -0.25) is 19.5 Å². The molecule has 38 heavy (non-hydrogen) atoms. The molecule has 5 aromatic rings. The monoisotopic (exact) mass is 525 g/mol. The van der Waals surface area contributed by atoms with Gasteiger partial charge < -0.3 is 9.73 Å². The first kappa shape index (κ1) is 25.0. The van der Waals surface area contributed by atoms with Gasteiger partial charge in [-0.25, -0.2) is 0 Å². The first-order chi connectivity index (χ1) is 18.5. The van der Waals surface area contributed by atoms with E-state index >= 15 is 0 Å². The second-order valence-corrected chi connectivity index (χ2v) is 9.44. The minimum atomic E-state index is -0.414. The van der Waals surface area contributed by atoms with Crippen molar-refractivity contribution in [2.45, 2.75) is 24.4 Å². The van der Waals surface area contributed by atoms with Crippen molar-refractivity contribution in [2.24, 2.45) is 0 Å². The minimum Gasteiger partial charge on any atom is -0.467 e. The van der Waals surface area contributed by atoms with E-state index < -0.39 is 4.92 Å². The molecule has 10 heteroatoms. The van der Waals surface area contributed by atoms with E-state index in [2.05, 4.69) is 15.5 Å². The van der Waals surface area contributed by atoms with Crippen LogP contribution < -0.4 is 5.32 Å². The third-order valence-electron chi connectivity index (χ3n) is 5.85. The number of aromatic nitrogens is 3. The van der Waals surface area contributed by atoms with Gasteiger partial charge in [0.1, 0.15) is 5.76 Å². The number of furan rings is 1. The van der Waals surface area contributed by atoms with E-state index in [1.807, 2.05) is 47.9 Å². The lowest BCUT2D eigenvalue weighted by molar-refractivity contribution is -0.384. The van der Waals surface area contributed by atoms with Gasteiger partial charge in [-0.15, -0.1) is 10.2 Å². The normalized spacial score (nSPS) is 10.9. The number of rotatable bonds is 9. The predicted molar refractivity (Wildman–Crippen MR) is 144 cm³/mol. The van der Waals surface area contributed by atoms with Crippen LogP contribution in [0.5, 0.6) is 0 Å². The van der Waals surface area contributed by atoms with Crippen LogP contribution in [0.4, 0.5) is 5.69 Å². The number of thioether (sulfide) groups is 1. The second-order valence-electron chi connectivity index (χ2n) is 8.50. The van der Waals surface area contributed by atoms with Gasteiger partial charge >= 0.3 is 0 Å². The van der Waals surface area contributed by atoms with Crippen LogP contribution in [0.3, 0.4) is 0 Å². The summed E-state index contributed by atoms with van der Waals surface area (Å²) in [7, 11) is 0. The van der Waals surface area contributed by atoms with Crippen LogP contribution in [-0.4, -0.2) is 25.6 Å². The fourth-order valence-electron chi connectivity index (χ4n) is 3.87. The molecule has 0 unspecified atom stereocenters. The molecule has 0 atom stereocenters. The first-order valence-corrected chi connectivity index (χ1v) is 12.8. The predicted octanol–water partition coefficient (Wildman–Crippen LogP) is 5.97. The summed E-state index contributed by atoms with van der Waals surface area (Å²) in [5.74, 6) is 1.46. The average Bonchev–Trinajstić information content (AvgIpc) is 3.61. The fraction of sp³-hybridized carbons (Fsp3) is 0.107. The van der Waals surface area contributed by atoms with E-state index in [1.165, 1.54) is 17.8 Å². The maximum absolute atomic E-state index is 12.4. The van der Waals surface area contributed by atoms with Gasteiger partial charge in [-0.2, -0.15) is 0 Å². The van der Waals surface area contributed by atoms with E-state index in [1.54, 1.807) is 48.7 Å². The summed E-state index contributed by atoms with van der Waals surface area (Å²) in [4.78, 5) is 23.7. The van der Waals surface area contributed by atoms with Gasteiger partial charge in [-0.05, 0) is 55.0 Å². The number of aryl methyl sites for hydroxylation is 1. The van der Waals surface area contributed by atoms with E-state index in [0.717, 1.165) is 16.8 Å². The molecule has 0 saturated carbocycles. The average molecular weight is 526 g/mol. The van der Waals surface area contributed by atoms with Crippen molar-refractivity contribution >= 4 is 23.4 Å². The molecule has 2 heterocycles. The molecule has 0 saturated heterocycles. The quantitative estimate of drug-likeness (QED) is 0.143. The molecule has 5 rings (SSSR count). The third kappa shape index (κ3) is 5.50. The Kier molecular flexibility index (Phi) is 7.32. The highest BCUT2D eigenvalue weighted by molar-refractivity contribution is 7.98. The summed E-state index contributed by atoms with van der Waals surface area (Å²) in [5, 5.41) is 23.9. The Morgan fingerprint density at radius 3 is 2.47 bits per heavy atom. The van der Waals surface area contributed by atoms with E-state index in [0.29, 0.717) is 40.2 Å². The second kappa shape index (κ2) is 11.1. The van der Waals surface area contributed by atoms with Gasteiger partial charge in [0.05, 0.1) is 23.3 Å². The number of nitrogens with zero attached hydrogens (tertiary/aromatic N) is 4. The highest BCUT2D eigenvalue weighted by Gasteiger charge is 2.23. The molecule has 1 amide bonds. The van der Waals surface area contributed by atoms with Crippen LogP contribution in [0.15, 0.2) is 101 Å². The smallest absolute Gasteiger partial charge is 0.280 e.